The van der Waals surface area contributed by atoms with Gasteiger partial charge in [-0.05, 0) is 28.1 Å². The van der Waals surface area contributed by atoms with Crippen LogP contribution in [0.1, 0.15) is 108 Å². The zero-order valence-corrected chi connectivity index (χ0v) is 16.2. The summed E-state index contributed by atoms with van der Waals surface area (Å²) in [5.74, 6) is 0. The molecule has 0 rings (SSSR count). The van der Waals surface area contributed by atoms with E-state index in [1.54, 1.807) is 0 Å². The van der Waals surface area contributed by atoms with Crippen LogP contribution in [0.15, 0.2) is 0 Å². The summed E-state index contributed by atoms with van der Waals surface area (Å²) < 4.78 is 0. The molecule has 0 aromatic heterocycles. The van der Waals surface area contributed by atoms with Crippen LogP contribution >= 0.6 is 0 Å². The first-order valence-electron chi connectivity index (χ1n) is 8.81. The lowest BCUT2D eigenvalue weighted by atomic mass is 9.47. The Labute approximate surface area is 130 Å². The van der Waals surface area contributed by atoms with E-state index in [9.17, 15) is 0 Å². The average Bonchev–Trinajstić information content (AvgIpc) is 2.26. The quantitative estimate of drug-likeness (QED) is 0.405. The van der Waals surface area contributed by atoms with E-state index < -0.39 is 0 Å². The van der Waals surface area contributed by atoms with E-state index >= 15 is 0 Å². The van der Waals surface area contributed by atoms with Crippen molar-refractivity contribution in [3.8, 4) is 0 Å². The summed E-state index contributed by atoms with van der Waals surface area (Å²) in [7, 11) is 0. The summed E-state index contributed by atoms with van der Waals surface area (Å²) in [5.41, 5.74) is 1.35. The molecule has 122 valence electrons. The third kappa shape index (κ3) is 4.25. The highest BCUT2D eigenvalue weighted by molar-refractivity contribution is 5.01. The van der Waals surface area contributed by atoms with E-state index in [-0.39, 0.29) is 0 Å². The van der Waals surface area contributed by atoms with Gasteiger partial charge in [0.05, 0.1) is 0 Å². The van der Waals surface area contributed by atoms with Gasteiger partial charge in [0.15, 0.2) is 0 Å². The van der Waals surface area contributed by atoms with E-state index in [0.717, 1.165) is 0 Å². The molecule has 0 atom stereocenters. The van der Waals surface area contributed by atoms with Crippen molar-refractivity contribution in [3.05, 3.63) is 0 Å². The third-order valence-corrected chi connectivity index (χ3v) is 7.03. The smallest absolute Gasteiger partial charge is 0.0247 e. The molecule has 0 heteroatoms. The molecule has 0 spiro atoms. The van der Waals surface area contributed by atoms with Gasteiger partial charge in [-0.25, -0.2) is 0 Å². The van der Waals surface area contributed by atoms with Gasteiger partial charge in [0, 0.05) is 0 Å². The Morgan fingerprint density at radius 3 is 1.40 bits per heavy atom. The average molecular weight is 283 g/mol. The van der Waals surface area contributed by atoms with Crippen molar-refractivity contribution in [2.45, 2.75) is 108 Å². The Kier molecular flexibility index (Phi) is 6.84. The summed E-state index contributed by atoms with van der Waals surface area (Å²) in [6, 6.07) is 0. The molecule has 0 saturated heterocycles. The van der Waals surface area contributed by atoms with Crippen molar-refractivity contribution < 1.29 is 0 Å². The highest BCUT2D eigenvalue weighted by Crippen LogP contribution is 2.60. The Bertz CT molecular complexity index is 273. The van der Waals surface area contributed by atoms with Crippen LogP contribution in [0.25, 0.3) is 0 Å². The number of rotatable bonds is 8. The molecule has 0 unspecified atom stereocenters. The van der Waals surface area contributed by atoms with E-state index in [2.05, 4.69) is 69.2 Å². The molecule has 0 aromatic rings. The molecule has 0 N–H and O–H groups in total. The van der Waals surface area contributed by atoms with Gasteiger partial charge in [0.25, 0.3) is 0 Å². The molecular weight excluding hydrogens is 240 g/mol. The van der Waals surface area contributed by atoms with Gasteiger partial charge in [-0.15, -0.1) is 0 Å². The van der Waals surface area contributed by atoms with Crippen molar-refractivity contribution in [1.29, 1.82) is 0 Å². The van der Waals surface area contributed by atoms with Crippen LogP contribution in [0.4, 0.5) is 0 Å². The van der Waals surface area contributed by atoms with Crippen LogP contribution in [0.3, 0.4) is 0 Å². The summed E-state index contributed by atoms with van der Waals surface area (Å²) in [5, 5.41) is 0. The molecule has 0 aromatic carbocycles. The van der Waals surface area contributed by atoms with E-state index in [0.29, 0.717) is 21.7 Å². The first-order valence-corrected chi connectivity index (χ1v) is 8.81. The standard InChI is InChI=1S/C20H42/c1-11-12-13-14-15-16-18(5,6)20(9,10)19(7,8)17(2,3)4/h11-16H2,1-10H3. The van der Waals surface area contributed by atoms with E-state index in [1.165, 1.54) is 38.5 Å². The van der Waals surface area contributed by atoms with Gasteiger partial charge in [-0.1, -0.05) is 101 Å². The molecular formula is C20H42. The largest absolute Gasteiger partial charge is 0.0654 e. The SMILES string of the molecule is CCCCCCCC(C)(C)C(C)(C)C(C)(C)C(C)(C)C. The molecule has 0 nitrogen and oxygen atoms in total. The maximum atomic E-state index is 2.49. The highest BCUT2D eigenvalue weighted by atomic mass is 14.6. The lowest BCUT2D eigenvalue weighted by Gasteiger charge is -2.58. The molecule has 0 radical (unpaired) electrons. The second-order valence-corrected chi connectivity index (χ2v) is 9.55. The molecule has 0 aliphatic heterocycles. The van der Waals surface area contributed by atoms with Crippen molar-refractivity contribution in [1.82, 2.24) is 0 Å². The Morgan fingerprint density at radius 2 is 1.00 bits per heavy atom. The highest BCUT2D eigenvalue weighted by Gasteiger charge is 2.52. The van der Waals surface area contributed by atoms with Gasteiger partial charge in [-0.2, -0.15) is 0 Å². The molecule has 0 aliphatic carbocycles. The molecule has 20 heavy (non-hydrogen) atoms. The molecule has 0 heterocycles. The zero-order chi connectivity index (χ0) is 16.2. The zero-order valence-electron chi connectivity index (χ0n) is 16.2. The summed E-state index contributed by atoms with van der Waals surface area (Å²) in [6.45, 7) is 24.4. The topological polar surface area (TPSA) is 0 Å². The second-order valence-electron chi connectivity index (χ2n) is 9.55. The lowest BCUT2D eigenvalue weighted by molar-refractivity contribution is -0.0908. The number of unbranched alkanes of at least 4 members (excludes halogenated alkanes) is 4. The molecule has 0 saturated carbocycles. The van der Waals surface area contributed by atoms with Crippen LogP contribution in [-0.2, 0) is 0 Å². The Morgan fingerprint density at radius 1 is 0.550 bits per heavy atom. The molecule has 0 amide bonds. The van der Waals surface area contributed by atoms with Crippen LogP contribution in [0, 0.1) is 21.7 Å². The lowest BCUT2D eigenvalue weighted by Crippen LogP contribution is -2.50. The monoisotopic (exact) mass is 282 g/mol. The summed E-state index contributed by atoms with van der Waals surface area (Å²) >= 11 is 0. The predicted molar refractivity (Wildman–Crippen MR) is 94.2 cm³/mol. The van der Waals surface area contributed by atoms with E-state index in [1.807, 2.05) is 0 Å². The number of hydrogen-bond donors (Lipinski definition) is 0. The molecule has 0 fully saturated rings. The predicted octanol–water partition coefficient (Wildman–Crippen LogP) is 7.47. The van der Waals surface area contributed by atoms with Crippen LogP contribution < -0.4 is 0 Å². The van der Waals surface area contributed by atoms with Gasteiger partial charge in [0.2, 0.25) is 0 Å². The minimum Gasteiger partial charge on any atom is -0.0654 e. The maximum Gasteiger partial charge on any atom is -0.0247 e. The molecule has 0 aliphatic rings. The number of hydrogen-bond acceptors (Lipinski definition) is 0. The summed E-state index contributed by atoms with van der Waals surface area (Å²) in [4.78, 5) is 0. The van der Waals surface area contributed by atoms with Crippen molar-refractivity contribution in [2.75, 3.05) is 0 Å². The fourth-order valence-corrected chi connectivity index (χ4v) is 3.27. The summed E-state index contributed by atoms with van der Waals surface area (Å²) in [6.07, 6.45) is 8.29. The van der Waals surface area contributed by atoms with Gasteiger partial charge in [-0.3, -0.25) is 0 Å². The fraction of sp³-hybridized carbons (Fsp3) is 1.00. The second kappa shape index (κ2) is 6.84. The normalized spacial score (nSPS) is 14.7. The van der Waals surface area contributed by atoms with Gasteiger partial charge >= 0.3 is 0 Å². The fourth-order valence-electron chi connectivity index (χ4n) is 3.27. The van der Waals surface area contributed by atoms with Crippen LogP contribution in [0.2, 0.25) is 0 Å². The van der Waals surface area contributed by atoms with Gasteiger partial charge < -0.3 is 0 Å². The van der Waals surface area contributed by atoms with Crippen LogP contribution in [0.5, 0.6) is 0 Å². The first-order chi connectivity index (χ1) is 8.81. The van der Waals surface area contributed by atoms with Gasteiger partial charge in [0.1, 0.15) is 0 Å². The Hall–Kier alpha value is 0. The molecule has 0 bridgehead atoms. The minimum absolute atomic E-state index is 0.312. The third-order valence-electron chi connectivity index (χ3n) is 7.03. The van der Waals surface area contributed by atoms with E-state index in [4.69, 9.17) is 0 Å². The van der Waals surface area contributed by atoms with Crippen LogP contribution in [-0.4, -0.2) is 0 Å². The maximum absolute atomic E-state index is 2.49. The van der Waals surface area contributed by atoms with Crippen molar-refractivity contribution in [3.63, 3.8) is 0 Å². The first kappa shape index (κ1) is 20.0. The van der Waals surface area contributed by atoms with Crippen molar-refractivity contribution >= 4 is 0 Å². The van der Waals surface area contributed by atoms with Crippen molar-refractivity contribution in [2.24, 2.45) is 21.7 Å². The minimum atomic E-state index is 0.312. The Balaban J connectivity index is 4.81.